The zero-order chi connectivity index (χ0) is 11.7. The molecule has 3 heterocycles. The molecule has 1 aliphatic rings. The number of nitrogens with zero attached hydrogens (tertiary/aromatic N) is 4. The Morgan fingerprint density at radius 1 is 1.53 bits per heavy atom. The van der Waals surface area contributed by atoms with Crippen LogP contribution < -0.4 is 10.6 Å². The number of aromatic amines is 1. The van der Waals surface area contributed by atoms with Gasteiger partial charge in [-0.05, 0) is 0 Å². The summed E-state index contributed by atoms with van der Waals surface area (Å²) in [6.45, 7) is 1.73. The van der Waals surface area contributed by atoms with E-state index in [1.807, 2.05) is 0 Å². The number of hydrogen-bond acceptors (Lipinski definition) is 5. The van der Waals surface area contributed by atoms with Crippen molar-refractivity contribution in [2.24, 2.45) is 0 Å². The third kappa shape index (κ3) is 1.89. The maximum Gasteiger partial charge on any atom is 0.280 e. The monoisotopic (exact) mass is 233 g/mol. The predicted molar refractivity (Wildman–Crippen MR) is 58.5 cm³/mol. The second-order valence-corrected chi connectivity index (χ2v) is 3.79. The highest BCUT2D eigenvalue weighted by Gasteiger charge is 2.21. The molecule has 1 fully saturated rings. The second-order valence-electron chi connectivity index (χ2n) is 3.79. The molecule has 0 aliphatic carbocycles. The van der Waals surface area contributed by atoms with Gasteiger partial charge in [0.1, 0.15) is 0 Å². The van der Waals surface area contributed by atoms with Gasteiger partial charge >= 0.3 is 0 Å². The Labute approximate surface area is 96.4 Å². The van der Waals surface area contributed by atoms with Gasteiger partial charge in [-0.3, -0.25) is 10.1 Å². The van der Waals surface area contributed by atoms with Gasteiger partial charge in [0.15, 0.2) is 5.69 Å². The van der Waals surface area contributed by atoms with E-state index in [0.717, 1.165) is 13.1 Å². The van der Waals surface area contributed by atoms with Gasteiger partial charge in [-0.1, -0.05) is 5.21 Å². The zero-order valence-corrected chi connectivity index (χ0v) is 8.92. The minimum absolute atomic E-state index is 0.285. The fraction of sp³-hybridized carbons (Fsp3) is 0.333. The number of hydrogen-bond donors (Lipinski definition) is 3. The Kier molecular flexibility index (Phi) is 2.33. The molecule has 3 N–H and O–H groups in total. The summed E-state index contributed by atoms with van der Waals surface area (Å²) in [5.74, 6) is 0.0772. The normalized spacial score (nSPS) is 15.5. The highest BCUT2D eigenvalue weighted by atomic mass is 16.2. The lowest BCUT2D eigenvalue weighted by molar-refractivity contribution is 0.102. The van der Waals surface area contributed by atoms with Crippen molar-refractivity contribution in [2.45, 2.75) is 6.04 Å². The van der Waals surface area contributed by atoms with Crippen LogP contribution in [0.2, 0.25) is 0 Å². The summed E-state index contributed by atoms with van der Waals surface area (Å²) in [6.07, 6.45) is 4.84. The van der Waals surface area contributed by atoms with Crippen LogP contribution >= 0.6 is 0 Å². The lowest BCUT2D eigenvalue weighted by Gasteiger charge is -2.26. The summed E-state index contributed by atoms with van der Waals surface area (Å²) < 4.78 is 1.70. The van der Waals surface area contributed by atoms with Crippen molar-refractivity contribution >= 4 is 11.9 Å². The van der Waals surface area contributed by atoms with Crippen molar-refractivity contribution < 1.29 is 4.79 Å². The van der Waals surface area contributed by atoms with Crippen molar-refractivity contribution in [3.8, 4) is 0 Å². The first-order valence-electron chi connectivity index (χ1n) is 5.26. The largest absolute Gasteiger partial charge is 0.331 e. The molecule has 1 saturated heterocycles. The molecule has 0 unspecified atom stereocenters. The number of nitrogens with one attached hydrogen (secondary N) is 3. The van der Waals surface area contributed by atoms with E-state index in [-0.39, 0.29) is 11.6 Å². The zero-order valence-electron chi connectivity index (χ0n) is 8.92. The number of H-pyrrole nitrogens is 1. The molecule has 8 nitrogen and oxygen atoms in total. The Balaban J connectivity index is 1.70. The lowest BCUT2D eigenvalue weighted by atomic mass is 10.2. The third-order valence-corrected chi connectivity index (χ3v) is 2.61. The van der Waals surface area contributed by atoms with E-state index in [9.17, 15) is 4.79 Å². The maximum atomic E-state index is 11.8. The van der Waals surface area contributed by atoms with Crippen LogP contribution in [0.15, 0.2) is 18.6 Å². The average Bonchev–Trinajstić information content (AvgIpc) is 2.85. The summed E-state index contributed by atoms with van der Waals surface area (Å²) in [4.78, 5) is 18.4. The van der Waals surface area contributed by atoms with E-state index < -0.39 is 0 Å². The number of imidazole rings is 1. The summed E-state index contributed by atoms with van der Waals surface area (Å²) in [5.41, 5.74) is 0.285. The fourth-order valence-corrected chi connectivity index (χ4v) is 1.52. The first kappa shape index (κ1) is 9.97. The number of amides is 1. The molecule has 1 amide bonds. The number of rotatable bonds is 3. The Bertz CT molecular complexity index is 513. The van der Waals surface area contributed by atoms with Gasteiger partial charge in [-0.25, -0.2) is 9.67 Å². The number of carbonyl (C=O) groups excluding carboxylic acids is 1. The third-order valence-electron chi connectivity index (χ3n) is 2.61. The molecule has 0 spiro atoms. The molecule has 0 saturated carbocycles. The van der Waals surface area contributed by atoms with Crippen molar-refractivity contribution in [2.75, 3.05) is 18.4 Å². The Hall–Kier alpha value is -2.22. The quantitative estimate of drug-likeness (QED) is 0.657. The van der Waals surface area contributed by atoms with Crippen LogP contribution in [-0.4, -0.2) is 44.0 Å². The van der Waals surface area contributed by atoms with Crippen molar-refractivity contribution in [3.63, 3.8) is 0 Å². The first-order chi connectivity index (χ1) is 8.33. The van der Waals surface area contributed by atoms with Crippen LogP contribution in [0.3, 0.4) is 0 Å². The molecule has 2 aromatic rings. The van der Waals surface area contributed by atoms with Crippen LogP contribution in [0.25, 0.3) is 0 Å². The molecule has 3 rings (SSSR count). The van der Waals surface area contributed by atoms with E-state index in [2.05, 4.69) is 30.9 Å². The molecular weight excluding hydrogens is 222 g/mol. The topological polar surface area (TPSA) is 101 Å². The molecule has 2 aromatic heterocycles. The fourth-order valence-electron chi connectivity index (χ4n) is 1.52. The minimum Gasteiger partial charge on any atom is -0.331 e. The Morgan fingerprint density at radius 3 is 3.06 bits per heavy atom. The van der Waals surface area contributed by atoms with Gasteiger partial charge in [0.25, 0.3) is 5.91 Å². The van der Waals surface area contributed by atoms with Crippen LogP contribution in [0.4, 0.5) is 5.95 Å². The van der Waals surface area contributed by atoms with Crippen LogP contribution in [-0.2, 0) is 0 Å². The lowest BCUT2D eigenvalue weighted by Crippen LogP contribution is -2.43. The average molecular weight is 233 g/mol. The van der Waals surface area contributed by atoms with Crippen LogP contribution in [0, 0.1) is 0 Å². The molecule has 0 aromatic carbocycles. The SMILES string of the molecule is O=C(Nc1ncc[nH]1)c1cn(C2CNC2)nn1. The van der Waals surface area contributed by atoms with Gasteiger partial charge in [-0.2, -0.15) is 0 Å². The highest BCUT2D eigenvalue weighted by molar-refractivity contribution is 6.01. The maximum absolute atomic E-state index is 11.8. The summed E-state index contributed by atoms with van der Waals surface area (Å²) >= 11 is 0. The Morgan fingerprint density at radius 2 is 2.41 bits per heavy atom. The van der Waals surface area contributed by atoms with E-state index in [0.29, 0.717) is 12.0 Å². The predicted octanol–water partition coefficient (Wildman–Crippen LogP) is -0.602. The number of anilines is 1. The van der Waals surface area contributed by atoms with Gasteiger partial charge in [0.05, 0.1) is 12.2 Å². The number of carbonyl (C=O) groups is 1. The molecule has 8 heteroatoms. The molecular formula is C9H11N7O. The van der Waals surface area contributed by atoms with Crippen LogP contribution in [0.1, 0.15) is 16.5 Å². The van der Waals surface area contributed by atoms with Gasteiger partial charge in [0, 0.05) is 25.5 Å². The minimum atomic E-state index is -0.321. The van der Waals surface area contributed by atoms with Gasteiger partial charge in [0.2, 0.25) is 5.95 Å². The highest BCUT2D eigenvalue weighted by Crippen LogP contribution is 2.10. The van der Waals surface area contributed by atoms with Crippen molar-refractivity contribution in [1.82, 2.24) is 30.3 Å². The summed E-state index contributed by atoms with van der Waals surface area (Å²) in [7, 11) is 0. The molecule has 17 heavy (non-hydrogen) atoms. The summed E-state index contributed by atoms with van der Waals surface area (Å²) in [5, 5.41) is 13.5. The first-order valence-corrected chi connectivity index (χ1v) is 5.26. The van der Waals surface area contributed by atoms with Crippen LogP contribution in [0.5, 0.6) is 0 Å². The van der Waals surface area contributed by atoms with Gasteiger partial charge in [-0.15, -0.1) is 5.10 Å². The van der Waals surface area contributed by atoms with Crippen molar-refractivity contribution in [1.29, 1.82) is 0 Å². The molecule has 0 radical (unpaired) electrons. The molecule has 88 valence electrons. The van der Waals surface area contributed by atoms with Gasteiger partial charge < -0.3 is 10.3 Å². The summed E-state index contributed by atoms with van der Waals surface area (Å²) in [6, 6.07) is 0.299. The standard InChI is InChI=1S/C9H11N7O/c17-8(13-9-11-1-2-12-9)7-5-16(15-14-7)6-3-10-4-6/h1-2,5-6,10H,3-4H2,(H2,11,12,13,17). The van der Waals surface area contributed by atoms with Crippen molar-refractivity contribution in [3.05, 3.63) is 24.3 Å². The van der Waals surface area contributed by atoms with E-state index in [1.165, 1.54) is 0 Å². The van der Waals surface area contributed by atoms with E-state index >= 15 is 0 Å². The number of aromatic nitrogens is 5. The van der Waals surface area contributed by atoms with E-state index in [4.69, 9.17) is 0 Å². The smallest absolute Gasteiger partial charge is 0.280 e. The second kappa shape index (κ2) is 3.98. The molecule has 0 atom stereocenters. The molecule has 1 aliphatic heterocycles. The molecule has 0 bridgehead atoms. The van der Waals surface area contributed by atoms with E-state index in [1.54, 1.807) is 23.3 Å².